The number of nitro groups is 2. The van der Waals surface area contributed by atoms with Crippen LogP contribution in [0, 0.1) is 30.3 Å². The van der Waals surface area contributed by atoms with E-state index in [2.05, 4.69) is 4.84 Å². The molecule has 10 nitrogen and oxygen atoms in total. The molecular formula is C8H6ClN3O7. The highest BCUT2D eigenvalue weighted by Gasteiger charge is 2.27. The van der Waals surface area contributed by atoms with Crippen molar-refractivity contribution in [3.05, 3.63) is 54.1 Å². The van der Waals surface area contributed by atoms with Crippen LogP contribution in [0.5, 0.6) is 0 Å². The van der Waals surface area contributed by atoms with E-state index in [1.165, 1.54) is 0 Å². The summed E-state index contributed by atoms with van der Waals surface area (Å²) in [7, 11) is 0. The first kappa shape index (κ1) is 14.6. The van der Waals surface area contributed by atoms with Crippen molar-refractivity contribution in [2.24, 2.45) is 0 Å². The summed E-state index contributed by atoms with van der Waals surface area (Å²) in [5.74, 6) is -0.337. The van der Waals surface area contributed by atoms with Crippen molar-refractivity contribution >= 4 is 23.0 Å². The zero-order chi connectivity index (χ0) is 14.6. The van der Waals surface area contributed by atoms with Crippen LogP contribution in [-0.4, -0.2) is 20.8 Å². The molecule has 0 spiro atoms. The van der Waals surface area contributed by atoms with E-state index in [9.17, 15) is 30.3 Å². The zero-order valence-electron chi connectivity index (χ0n) is 9.09. The Hall–Kier alpha value is -2.49. The van der Waals surface area contributed by atoms with E-state index < -0.39 is 32.4 Å². The van der Waals surface area contributed by atoms with Gasteiger partial charge in [0.15, 0.2) is 0 Å². The van der Waals surface area contributed by atoms with E-state index in [0.717, 1.165) is 18.2 Å². The monoisotopic (exact) mass is 291 g/mol. The predicted octanol–water partition coefficient (Wildman–Crippen LogP) is 1.99. The summed E-state index contributed by atoms with van der Waals surface area (Å²) in [6.07, 6.45) is -1.24. The lowest BCUT2D eigenvalue weighted by molar-refractivity contribution is -0.769. The Kier molecular flexibility index (Phi) is 4.53. The van der Waals surface area contributed by atoms with Gasteiger partial charge in [-0.3, -0.25) is 20.2 Å². The maximum Gasteiger partial charge on any atom is 0.346 e. The molecule has 0 aromatic heterocycles. The third kappa shape index (κ3) is 3.48. The molecule has 0 radical (unpaired) electrons. The second-order valence-corrected chi connectivity index (χ2v) is 3.54. The van der Waals surface area contributed by atoms with E-state index in [1.54, 1.807) is 0 Å². The van der Waals surface area contributed by atoms with Gasteiger partial charge < -0.3 is 4.84 Å². The van der Waals surface area contributed by atoms with Crippen LogP contribution in [0.3, 0.4) is 0 Å². The molecule has 0 unspecified atom stereocenters. The molecule has 1 aromatic rings. The quantitative estimate of drug-likeness (QED) is 0.443. The third-order valence-electron chi connectivity index (χ3n) is 2.12. The highest BCUT2D eigenvalue weighted by molar-refractivity contribution is 6.18. The molecule has 0 saturated carbocycles. The molecule has 0 N–H and O–H groups in total. The largest absolute Gasteiger partial charge is 0.346 e. The van der Waals surface area contributed by atoms with Crippen LogP contribution >= 0.6 is 11.6 Å². The van der Waals surface area contributed by atoms with Gasteiger partial charge in [-0.1, -0.05) is 0 Å². The van der Waals surface area contributed by atoms with Gasteiger partial charge in [0.2, 0.25) is 0 Å². The SMILES string of the molecule is O=[N+]([O-])O[C@@H](CCl)c1ccc([N+](=O)[O-])c([N+](=O)[O-])c1. The molecule has 0 saturated heterocycles. The molecule has 19 heavy (non-hydrogen) atoms. The number of nitro benzene ring substituents is 2. The van der Waals surface area contributed by atoms with E-state index in [4.69, 9.17) is 11.6 Å². The Morgan fingerprint density at radius 2 is 1.68 bits per heavy atom. The summed E-state index contributed by atoms with van der Waals surface area (Å²) >= 11 is 5.45. The molecule has 0 heterocycles. The number of hydrogen-bond acceptors (Lipinski definition) is 7. The molecule has 0 amide bonds. The summed E-state index contributed by atoms with van der Waals surface area (Å²) < 4.78 is 0. The number of hydrogen-bond donors (Lipinski definition) is 0. The standard InChI is InChI=1S/C8H6ClN3O7/c9-4-8(19-12(17)18)5-1-2-6(10(13)14)7(3-5)11(15)16/h1-3,8H,4H2/t8-/m0/s1. The van der Waals surface area contributed by atoms with Crippen LogP contribution in [0.25, 0.3) is 0 Å². The summed E-state index contributed by atoms with van der Waals surface area (Å²) in [6.45, 7) is 0. The van der Waals surface area contributed by atoms with Gasteiger partial charge in [0.1, 0.15) is 6.10 Å². The Morgan fingerprint density at radius 1 is 1.11 bits per heavy atom. The molecule has 0 aliphatic heterocycles. The minimum Gasteiger partial charge on any atom is -0.305 e. The lowest BCUT2D eigenvalue weighted by Gasteiger charge is -2.11. The van der Waals surface area contributed by atoms with E-state index in [-0.39, 0.29) is 11.4 Å². The minimum atomic E-state index is -1.24. The van der Waals surface area contributed by atoms with Crippen LogP contribution in [-0.2, 0) is 4.84 Å². The molecule has 102 valence electrons. The molecule has 0 aliphatic rings. The topological polar surface area (TPSA) is 139 Å². The van der Waals surface area contributed by atoms with Crippen molar-refractivity contribution in [3.8, 4) is 0 Å². The first-order chi connectivity index (χ1) is 8.86. The molecule has 1 rings (SSSR count). The van der Waals surface area contributed by atoms with E-state index in [1.807, 2.05) is 0 Å². The Labute approximate surface area is 109 Å². The Morgan fingerprint density at radius 3 is 2.11 bits per heavy atom. The van der Waals surface area contributed by atoms with E-state index >= 15 is 0 Å². The predicted molar refractivity (Wildman–Crippen MR) is 61.3 cm³/mol. The fourth-order valence-corrected chi connectivity index (χ4v) is 1.56. The summed E-state index contributed by atoms with van der Waals surface area (Å²) in [6, 6.07) is 2.81. The highest BCUT2D eigenvalue weighted by atomic mass is 35.5. The van der Waals surface area contributed by atoms with Crippen LogP contribution in [0.15, 0.2) is 18.2 Å². The summed E-state index contributed by atoms with van der Waals surface area (Å²) in [5, 5.41) is 30.4. The second-order valence-electron chi connectivity index (χ2n) is 3.23. The van der Waals surface area contributed by atoms with Crippen molar-refractivity contribution in [1.29, 1.82) is 0 Å². The lowest BCUT2D eigenvalue weighted by atomic mass is 10.1. The summed E-state index contributed by atoms with van der Waals surface area (Å²) in [4.78, 5) is 33.8. The Balaban J connectivity index is 3.24. The van der Waals surface area contributed by atoms with Crippen LogP contribution in [0.2, 0.25) is 0 Å². The molecule has 0 fully saturated rings. The first-order valence-corrected chi connectivity index (χ1v) is 5.20. The van der Waals surface area contributed by atoms with Gasteiger partial charge in [-0.2, -0.15) is 0 Å². The fraction of sp³-hybridized carbons (Fsp3) is 0.250. The van der Waals surface area contributed by atoms with Gasteiger partial charge in [-0.05, 0) is 11.6 Å². The maximum atomic E-state index is 10.7. The van der Waals surface area contributed by atoms with Gasteiger partial charge >= 0.3 is 11.4 Å². The Bertz CT molecular complexity index is 535. The van der Waals surface area contributed by atoms with Gasteiger partial charge in [0.05, 0.1) is 15.7 Å². The van der Waals surface area contributed by atoms with Crippen LogP contribution in [0.4, 0.5) is 11.4 Å². The summed E-state index contributed by atoms with van der Waals surface area (Å²) in [5.41, 5.74) is -1.50. The average Bonchev–Trinajstić information content (AvgIpc) is 2.34. The fourth-order valence-electron chi connectivity index (χ4n) is 1.32. The number of halogens is 1. The smallest absolute Gasteiger partial charge is 0.305 e. The van der Waals surface area contributed by atoms with Crippen LogP contribution < -0.4 is 0 Å². The van der Waals surface area contributed by atoms with Crippen molar-refractivity contribution < 1.29 is 19.8 Å². The third-order valence-corrected chi connectivity index (χ3v) is 2.40. The normalized spacial score (nSPS) is 11.6. The second kappa shape index (κ2) is 5.91. The van der Waals surface area contributed by atoms with Crippen molar-refractivity contribution in [3.63, 3.8) is 0 Å². The van der Waals surface area contributed by atoms with Crippen molar-refractivity contribution in [2.75, 3.05) is 5.88 Å². The minimum absolute atomic E-state index is 0.00370. The lowest BCUT2D eigenvalue weighted by Crippen LogP contribution is -2.11. The maximum absolute atomic E-state index is 10.7. The molecule has 0 bridgehead atoms. The number of alkyl halides is 1. The average molecular weight is 292 g/mol. The molecule has 11 heteroatoms. The van der Waals surface area contributed by atoms with Gasteiger partial charge in [-0.25, -0.2) is 0 Å². The van der Waals surface area contributed by atoms with Gasteiger partial charge in [0.25, 0.3) is 5.09 Å². The van der Waals surface area contributed by atoms with Crippen molar-refractivity contribution in [1.82, 2.24) is 0 Å². The molecule has 0 aliphatic carbocycles. The number of nitrogens with zero attached hydrogens (tertiary/aromatic N) is 3. The molecular weight excluding hydrogens is 286 g/mol. The highest BCUT2D eigenvalue weighted by Crippen LogP contribution is 2.31. The zero-order valence-corrected chi connectivity index (χ0v) is 9.85. The van der Waals surface area contributed by atoms with Crippen molar-refractivity contribution in [2.45, 2.75) is 6.10 Å². The molecule has 1 aromatic carbocycles. The van der Waals surface area contributed by atoms with Gasteiger partial charge in [0, 0.05) is 12.1 Å². The van der Waals surface area contributed by atoms with Gasteiger partial charge in [-0.15, -0.1) is 21.7 Å². The number of benzene rings is 1. The first-order valence-electron chi connectivity index (χ1n) is 4.66. The van der Waals surface area contributed by atoms with E-state index in [0.29, 0.717) is 0 Å². The molecule has 1 atom stereocenters. The number of rotatable bonds is 6. The van der Waals surface area contributed by atoms with Crippen LogP contribution in [0.1, 0.15) is 11.7 Å².